The number of carbonyl (C=O) groups excluding carboxylic acids is 1. The van der Waals surface area contributed by atoms with Gasteiger partial charge >= 0.3 is 0 Å². The zero-order chi connectivity index (χ0) is 20.9. The Morgan fingerprint density at radius 1 is 1.29 bits per heavy atom. The fraction of sp³-hybridized carbons (Fsp3) is 0.316. The number of para-hydroxylation sites is 1. The van der Waals surface area contributed by atoms with Crippen molar-refractivity contribution in [3.05, 3.63) is 47.5 Å². The average Bonchev–Trinajstić information content (AvgIpc) is 2.62. The van der Waals surface area contributed by atoms with Crippen LogP contribution in [-0.4, -0.2) is 39.5 Å². The van der Waals surface area contributed by atoms with E-state index in [4.69, 9.17) is 16.3 Å². The van der Waals surface area contributed by atoms with Crippen molar-refractivity contribution in [2.75, 3.05) is 28.7 Å². The van der Waals surface area contributed by atoms with Crippen LogP contribution in [-0.2, 0) is 14.8 Å². The van der Waals surface area contributed by atoms with E-state index in [1.54, 1.807) is 30.0 Å². The molecule has 0 saturated heterocycles. The lowest BCUT2D eigenvalue weighted by atomic mass is 10.2. The number of nitrogens with zero attached hydrogens (tertiary/aromatic N) is 1. The summed E-state index contributed by atoms with van der Waals surface area (Å²) in [6.45, 7) is 3.55. The second-order valence-corrected chi connectivity index (χ2v) is 9.54. The molecule has 9 heteroatoms. The van der Waals surface area contributed by atoms with Crippen LogP contribution >= 0.6 is 23.4 Å². The maximum Gasteiger partial charge on any atom is 0.248 e. The molecule has 0 aliphatic rings. The number of sulfonamides is 1. The Hall–Kier alpha value is -1.90. The standard InChI is InChI=1S/C19H23ClN2O4S2/c1-5-27-18-9-7-6-8-16(18)21-19(23)13(2)22(28(4,24)25)14-10-11-17(26-3)15(20)12-14/h6-13H,5H2,1-4H3,(H,21,23)/t13-/m1/s1. The van der Waals surface area contributed by atoms with E-state index >= 15 is 0 Å². The highest BCUT2D eigenvalue weighted by Crippen LogP contribution is 2.32. The predicted octanol–water partition coefficient (Wildman–Crippen LogP) is 4.25. The van der Waals surface area contributed by atoms with Gasteiger partial charge in [0.05, 0.1) is 29.8 Å². The van der Waals surface area contributed by atoms with Crippen molar-refractivity contribution in [1.82, 2.24) is 0 Å². The van der Waals surface area contributed by atoms with Crippen molar-refractivity contribution in [2.24, 2.45) is 0 Å². The number of anilines is 2. The highest BCUT2D eigenvalue weighted by Gasteiger charge is 2.30. The van der Waals surface area contributed by atoms with Gasteiger partial charge < -0.3 is 10.1 Å². The summed E-state index contributed by atoms with van der Waals surface area (Å²) in [6.07, 6.45) is 1.05. The molecular formula is C19H23ClN2O4S2. The van der Waals surface area contributed by atoms with Gasteiger partial charge in [-0.2, -0.15) is 0 Å². The molecule has 1 N–H and O–H groups in total. The normalized spacial score (nSPS) is 12.3. The summed E-state index contributed by atoms with van der Waals surface area (Å²) < 4.78 is 31.0. The third-order valence-corrected chi connectivity index (χ3v) is 6.42. The van der Waals surface area contributed by atoms with Crippen LogP contribution < -0.4 is 14.4 Å². The zero-order valence-electron chi connectivity index (χ0n) is 16.1. The van der Waals surface area contributed by atoms with E-state index in [2.05, 4.69) is 5.32 Å². The molecule has 0 aromatic heterocycles. The molecule has 0 saturated carbocycles. The summed E-state index contributed by atoms with van der Waals surface area (Å²) in [5, 5.41) is 3.09. The minimum Gasteiger partial charge on any atom is -0.495 e. The molecule has 0 fully saturated rings. The highest BCUT2D eigenvalue weighted by atomic mass is 35.5. The number of nitrogens with one attached hydrogen (secondary N) is 1. The Morgan fingerprint density at radius 3 is 2.54 bits per heavy atom. The number of benzene rings is 2. The Bertz CT molecular complexity index is 951. The molecule has 0 aliphatic carbocycles. The predicted molar refractivity (Wildman–Crippen MR) is 116 cm³/mol. The lowest BCUT2D eigenvalue weighted by molar-refractivity contribution is -0.116. The zero-order valence-corrected chi connectivity index (χ0v) is 18.5. The fourth-order valence-corrected chi connectivity index (χ4v) is 4.87. The Labute approximate surface area is 175 Å². The number of carbonyl (C=O) groups is 1. The highest BCUT2D eigenvalue weighted by molar-refractivity contribution is 7.99. The van der Waals surface area contributed by atoms with Gasteiger partial charge in [0.2, 0.25) is 15.9 Å². The molecule has 0 bridgehead atoms. The Morgan fingerprint density at radius 2 is 1.96 bits per heavy atom. The number of hydrogen-bond acceptors (Lipinski definition) is 5. The topological polar surface area (TPSA) is 75.7 Å². The van der Waals surface area contributed by atoms with Crippen LogP contribution in [0.15, 0.2) is 47.4 Å². The van der Waals surface area contributed by atoms with Gasteiger partial charge in [-0.05, 0) is 43.0 Å². The van der Waals surface area contributed by atoms with Gasteiger partial charge in [0.15, 0.2) is 0 Å². The summed E-state index contributed by atoms with van der Waals surface area (Å²) in [7, 11) is -2.27. The molecule has 2 rings (SSSR count). The van der Waals surface area contributed by atoms with E-state index in [0.29, 0.717) is 11.4 Å². The quantitative estimate of drug-likeness (QED) is 0.618. The molecular weight excluding hydrogens is 420 g/mol. The number of ether oxygens (including phenoxy) is 1. The van der Waals surface area contributed by atoms with E-state index in [0.717, 1.165) is 21.2 Å². The lowest BCUT2D eigenvalue weighted by Crippen LogP contribution is -2.45. The minimum absolute atomic E-state index is 0.256. The molecule has 0 radical (unpaired) electrons. The molecule has 0 unspecified atom stereocenters. The van der Waals surface area contributed by atoms with Crippen molar-refractivity contribution >= 4 is 50.7 Å². The first-order valence-electron chi connectivity index (χ1n) is 8.54. The van der Waals surface area contributed by atoms with Crippen LogP contribution in [0, 0.1) is 0 Å². The van der Waals surface area contributed by atoms with Crippen LogP contribution in [0.3, 0.4) is 0 Å². The maximum atomic E-state index is 12.9. The second kappa shape index (κ2) is 9.54. The molecule has 6 nitrogen and oxygen atoms in total. The van der Waals surface area contributed by atoms with Crippen LogP contribution in [0.2, 0.25) is 5.02 Å². The van der Waals surface area contributed by atoms with Gasteiger partial charge in [-0.15, -0.1) is 11.8 Å². The maximum absolute atomic E-state index is 12.9. The fourth-order valence-electron chi connectivity index (χ4n) is 2.69. The van der Waals surface area contributed by atoms with Crippen LogP contribution in [0.25, 0.3) is 0 Å². The third kappa shape index (κ3) is 5.33. The molecule has 1 atom stereocenters. The van der Waals surface area contributed by atoms with Gasteiger partial charge in [0, 0.05) is 4.90 Å². The lowest BCUT2D eigenvalue weighted by Gasteiger charge is -2.28. The number of amides is 1. The van der Waals surface area contributed by atoms with Crippen LogP contribution in [0.1, 0.15) is 13.8 Å². The number of rotatable bonds is 8. The van der Waals surface area contributed by atoms with E-state index in [1.807, 2.05) is 25.1 Å². The van der Waals surface area contributed by atoms with Crippen molar-refractivity contribution in [1.29, 1.82) is 0 Å². The molecule has 1 amide bonds. The van der Waals surface area contributed by atoms with E-state index < -0.39 is 22.0 Å². The second-order valence-electron chi connectivity index (χ2n) is 5.97. The molecule has 28 heavy (non-hydrogen) atoms. The molecule has 2 aromatic carbocycles. The smallest absolute Gasteiger partial charge is 0.248 e. The number of thioether (sulfide) groups is 1. The van der Waals surface area contributed by atoms with Crippen LogP contribution in [0.5, 0.6) is 5.75 Å². The minimum atomic E-state index is -3.74. The summed E-state index contributed by atoms with van der Waals surface area (Å²) in [4.78, 5) is 13.8. The van der Waals surface area contributed by atoms with E-state index in [1.165, 1.54) is 20.1 Å². The summed E-state index contributed by atoms with van der Waals surface area (Å²) in [6, 6.07) is 11.0. The number of hydrogen-bond donors (Lipinski definition) is 1. The van der Waals surface area contributed by atoms with Crippen molar-refractivity contribution in [2.45, 2.75) is 24.8 Å². The van der Waals surface area contributed by atoms with Gasteiger partial charge in [-0.25, -0.2) is 8.42 Å². The molecule has 2 aromatic rings. The molecule has 152 valence electrons. The largest absolute Gasteiger partial charge is 0.495 e. The van der Waals surface area contributed by atoms with Gasteiger partial charge in [0.1, 0.15) is 11.8 Å². The molecule has 0 spiro atoms. The summed E-state index contributed by atoms with van der Waals surface area (Å²) >= 11 is 7.74. The SMILES string of the molecule is CCSc1ccccc1NC(=O)[C@@H](C)N(c1ccc(OC)c(Cl)c1)S(C)(=O)=O. The Kier molecular flexibility index (Phi) is 7.63. The van der Waals surface area contributed by atoms with Crippen LogP contribution in [0.4, 0.5) is 11.4 Å². The van der Waals surface area contributed by atoms with Gasteiger partial charge in [-0.1, -0.05) is 30.7 Å². The molecule has 0 aliphatic heterocycles. The van der Waals surface area contributed by atoms with E-state index in [9.17, 15) is 13.2 Å². The Balaban J connectivity index is 2.35. The first kappa shape index (κ1) is 22.4. The van der Waals surface area contributed by atoms with E-state index in [-0.39, 0.29) is 10.7 Å². The summed E-state index contributed by atoms with van der Waals surface area (Å²) in [5.74, 6) is 0.824. The van der Waals surface area contributed by atoms with Crippen molar-refractivity contribution in [3.63, 3.8) is 0 Å². The number of halogens is 1. The molecule has 0 heterocycles. The number of methoxy groups -OCH3 is 1. The van der Waals surface area contributed by atoms with Crippen molar-refractivity contribution in [3.8, 4) is 5.75 Å². The average molecular weight is 443 g/mol. The first-order valence-corrected chi connectivity index (χ1v) is 11.8. The summed E-state index contributed by atoms with van der Waals surface area (Å²) in [5.41, 5.74) is 0.930. The third-order valence-electron chi connectivity index (χ3n) is 3.92. The van der Waals surface area contributed by atoms with Crippen molar-refractivity contribution < 1.29 is 17.9 Å². The van der Waals surface area contributed by atoms with Gasteiger partial charge in [0.25, 0.3) is 0 Å². The monoisotopic (exact) mass is 442 g/mol. The van der Waals surface area contributed by atoms with Gasteiger partial charge in [-0.3, -0.25) is 9.10 Å². The first-order chi connectivity index (χ1) is 13.2.